The van der Waals surface area contributed by atoms with Crippen LogP contribution in [0, 0.1) is 28.1 Å². The van der Waals surface area contributed by atoms with Gasteiger partial charge in [-0.2, -0.15) is 0 Å². The summed E-state index contributed by atoms with van der Waals surface area (Å²) in [6, 6.07) is 0. The highest BCUT2D eigenvalue weighted by Gasteiger charge is 2.46. The van der Waals surface area contributed by atoms with Crippen molar-refractivity contribution >= 4 is 0 Å². The molecule has 0 spiro atoms. The zero-order valence-electron chi connectivity index (χ0n) is 21.7. The fourth-order valence-electron chi connectivity index (χ4n) is 7.01. The molecule has 0 aromatic heterocycles. The summed E-state index contributed by atoms with van der Waals surface area (Å²) in [5, 5.41) is 10.5. The lowest BCUT2D eigenvalue weighted by molar-refractivity contribution is -0.00880. The largest absolute Gasteiger partial charge is 0.393 e. The first kappa shape index (κ1) is 24.8. The van der Waals surface area contributed by atoms with Crippen LogP contribution in [-0.2, 0) is 0 Å². The van der Waals surface area contributed by atoms with Crippen molar-refractivity contribution in [2.45, 2.75) is 125 Å². The minimum atomic E-state index is -0.192. The van der Waals surface area contributed by atoms with Crippen LogP contribution in [0.4, 0.5) is 0 Å². The zero-order chi connectivity index (χ0) is 23.0. The molecule has 2 fully saturated rings. The number of hydrogen-bond donors (Lipinski definition) is 1. The van der Waals surface area contributed by atoms with Gasteiger partial charge in [0.25, 0.3) is 0 Å². The Balaban J connectivity index is 1.59. The summed E-state index contributed by atoms with van der Waals surface area (Å²) in [5.41, 5.74) is 7.36. The lowest BCUT2D eigenvalue weighted by Gasteiger charge is -2.52. The molecule has 1 heteroatoms. The van der Waals surface area contributed by atoms with E-state index >= 15 is 0 Å². The molecule has 0 bridgehead atoms. The molecule has 3 aliphatic rings. The molecule has 4 unspecified atom stereocenters. The van der Waals surface area contributed by atoms with Gasteiger partial charge in [-0.05, 0) is 113 Å². The highest BCUT2D eigenvalue weighted by atomic mass is 16.3. The summed E-state index contributed by atoms with van der Waals surface area (Å²) < 4.78 is 0. The van der Waals surface area contributed by atoms with Gasteiger partial charge in [0.2, 0.25) is 0 Å². The second-order valence-corrected chi connectivity index (χ2v) is 13.1. The van der Waals surface area contributed by atoms with E-state index in [2.05, 4.69) is 61.1 Å². The number of hydrogen-bond acceptors (Lipinski definition) is 1. The Morgan fingerprint density at radius 3 is 2.52 bits per heavy atom. The normalized spacial score (nSPS) is 35.8. The van der Waals surface area contributed by atoms with Crippen LogP contribution >= 0.6 is 0 Å². The van der Waals surface area contributed by atoms with E-state index in [1.165, 1.54) is 56.1 Å². The molecule has 0 amide bonds. The average Bonchev–Trinajstić information content (AvgIpc) is 2.68. The summed E-state index contributed by atoms with van der Waals surface area (Å²) in [4.78, 5) is 0. The molecule has 1 nitrogen and oxygen atoms in total. The molecule has 2 saturated carbocycles. The Bertz CT molecular complexity index is 734. The van der Waals surface area contributed by atoms with Crippen LogP contribution in [0.25, 0.3) is 0 Å². The molecular formula is C30H50O. The topological polar surface area (TPSA) is 20.2 Å². The first-order valence-corrected chi connectivity index (χ1v) is 13.1. The minimum absolute atomic E-state index is 0.0438. The lowest BCUT2D eigenvalue weighted by atomic mass is 9.53. The van der Waals surface area contributed by atoms with E-state index in [4.69, 9.17) is 0 Å². The van der Waals surface area contributed by atoms with E-state index in [9.17, 15) is 5.11 Å². The molecule has 0 aromatic rings. The Morgan fingerprint density at radius 2 is 1.81 bits per heavy atom. The van der Waals surface area contributed by atoms with E-state index in [1.807, 2.05) is 0 Å². The van der Waals surface area contributed by atoms with Crippen LogP contribution in [0.2, 0.25) is 0 Å². The lowest BCUT2D eigenvalue weighted by Crippen LogP contribution is -2.41. The summed E-state index contributed by atoms with van der Waals surface area (Å²) >= 11 is 0. The van der Waals surface area contributed by atoms with Gasteiger partial charge in [0.05, 0.1) is 6.10 Å². The average molecular weight is 427 g/mol. The van der Waals surface area contributed by atoms with Crippen molar-refractivity contribution in [3.8, 4) is 0 Å². The van der Waals surface area contributed by atoms with Crippen LogP contribution in [0.3, 0.4) is 0 Å². The Labute approximate surface area is 193 Å². The van der Waals surface area contributed by atoms with Crippen molar-refractivity contribution in [2.24, 2.45) is 28.1 Å². The molecule has 3 rings (SSSR count). The van der Waals surface area contributed by atoms with Crippen molar-refractivity contribution in [3.63, 3.8) is 0 Å². The Kier molecular flexibility index (Phi) is 7.37. The summed E-state index contributed by atoms with van der Waals surface area (Å²) in [6.45, 7) is 21.1. The standard InChI is InChI=1S/C30H50O/c1-21(12-14-25-23(3)13-15-27(31)29(25,6)7)10-9-11-24-22(2)16-17-30(8)19-18-28(4,5)20-26(24)30/h10,25-27,31H,3,9,11-20H2,1-2,4-8H3. The van der Waals surface area contributed by atoms with Gasteiger partial charge in [0, 0.05) is 0 Å². The van der Waals surface area contributed by atoms with Gasteiger partial charge in [-0.3, -0.25) is 0 Å². The van der Waals surface area contributed by atoms with Crippen LogP contribution in [0.5, 0.6) is 0 Å². The predicted octanol–water partition coefficient (Wildman–Crippen LogP) is 8.79. The van der Waals surface area contributed by atoms with E-state index in [0.29, 0.717) is 16.7 Å². The molecule has 0 heterocycles. The fourth-order valence-corrected chi connectivity index (χ4v) is 7.01. The molecule has 0 aliphatic heterocycles. The number of aliphatic hydroxyl groups is 1. The molecular weight excluding hydrogens is 376 g/mol. The highest BCUT2D eigenvalue weighted by molar-refractivity contribution is 5.25. The second kappa shape index (κ2) is 9.20. The molecule has 176 valence electrons. The maximum absolute atomic E-state index is 10.5. The quantitative estimate of drug-likeness (QED) is 0.421. The van der Waals surface area contributed by atoms with Gasteiger partial charge < -0.3 is 5.11 Å². The van der Waals surface area contributed by atoms with E-state index < -0.39 is 0 Å². The first-order chi connectivity index (χ1) is 14.4. The number of fused-ring (bicyclic) bond motifs is 1. The zero-order valence-corrected chi connectivity index (χ0v) is 21.7. The van der Waals surface area contributed by atoms with Crippen molar-refractivity contribution in [3.05, 3.63) is 34.9 Å². The fraction of sp³-hybridized carbons (Fsp3) is 0.800. The number of allylic oxidation sites excluding steroid dienone is 5. The van der Waals surface area contributed by atoms with Crippen LogP contribution in [0.15, 0.2) is 34.9 Å². The summed E-state index contributed by atoms with van der Waals surface area (Å²) in [5.74, 6) is 1.24. The van der Waals surface area contributed by atoms with Crippen molar-refractivity contribution in [1.82, 2.24) is 0 Å². The molecule has 4 atom stereocenters. The third-order valence-electron chi connectivity index (χ3n) is 9.73. The van der Waals surface area contributed by atoms with Crippen LogP contribution < -0.4 is 0 Å². The number of aliphatic hydroxyl groups excluding tert-OH is 1. The third-order valence-corrected chi connectivity index (χ3v) is 9.73. The maximum atomic E-state index is 10.5. The third kappa shape index (κ3) is 5.40. The summed E-state index contributed by atoms with van der Waals surface area (Å²) in [6.07, 6.45) is 15.8. The Hall–Kier alpha value is -0.820. The van der Waals surface area contributed by atoms with Gasteiger partial charge in [0.1, 0.15) is 0 Å². The van der Waals surface area contributed by atoms with Gasteiger partial charge in [-0.15, -0.1) is 0 Å². The van der Waals surface area contributed by atoms with Gasteiger partial charge in [-0.1, -0.05) is 69.6 Å². The smallest absolute Gasteiger partial charge is 0.0599 e. The van der Waals surface area contributed by atoms with Crippen molar-refractivity contribution in [1.29, 1.82) is 0 Å². The van der Waals surface area contributed by atoms with Crippen LogP contribution in [-0.4, -0.2) is 11.2 Å². The molecule has 0 aromatic carbocycles. The van der Waals surface area contributed by atoms with Gasteiger partial charge in [-0.25, -0.2) is 0 Å². The monoisotopic (exact) mass is 426 g/mol. The number of rotatable bonds is 6. The molecule has 0 saturated heterocycles. The second-order valence-electron chi connectivity index (χ2n) is 13.1. The van der Waals surface area contributed by atoms with Crippen molar-refractivity contribution < 1.29 is 5.11 Å². The van der Waals surface area contributed by atoms with E-state index in [1.54, 1.807) is 11.1 Å². The molecule has 3 aliphatic carbocycles. The van der Waals surface area contributed by atoms with Crippen molar-refractivity contribution in [2.75, 3.05) is 0 Å². The SMILES string of the molecule is C=C1CCC(O)C(C)(C)C1CCC(C)=CCCC1=C(C)CCC2(C)CCC(C)(C)CC12. The van der Waals surface area contributed by atoms with E-state index in [-0.39, 0.29) is 11.5 Å². The molecule has 0 radical (unpaired) electrons. The molecule has 31 heavy (non-hydrogen) atoms. The van der Waals surface area contributed by atoms with Gasteiger partial charge >= 0.3 is 0 Å². The summed E-state index contributed by atoms with van der Waals surface area (Å²) in [7, 11) is 0. The molecule has 1 N–H and O–H groups in total. The maximum Gasteiger partial charge on any atom is 0.0599 e. The Morgan fingerprint density at radius 1 is 1.10 bits per heavy atom. The van der Waals surface area contributed by atoms with E-state index in [0.717, 1.165) is 31.6 Å². The first-order valence-electron chi connectivity index (χ1n) is 13.1. The highest BCUT2D eigenvalue weighted by Crippen LogP contribution is 2.57. The minimum Gasteiger partial charge on any atom is -0.393 e. The van der Waals surface area contributed by atoms with Gasteiger partial charge in [0.15, 0.2) is 0 Å². The van der Waals surface area contributed by atoms with Crippen LogP contribution in [0.1, 0.15) is 119 Å². The predicted molar refractivity (Wildman–Crippen MR) is 135 cm³/mol.